The molecule has 0 amide bonds. The molecule has 1 saturated heterocycles. The number of aryl methyl sites for hydroxylation is 1. The molecule has 0 radical (unpaired) electrons. The summed E-state index contributed by atoms with van der Waals surface area (Å²) >= 11 is 0. The third kappa shape index (κ3) is 3.44. The SMILES string of the molecule is Cn1cccc1C(c1ccc(C(F)(F)F)cc1)N1CCCCC1. The lowest BCUT2D eigenvalue weighted by molar-refractivity contribution is -0.137. The van der Waals surface area contributed by atoms with Gasteiger partial charge in [-0.25, -0.2) is 0 Å². The van der Waals surface area contributed by atoms with Gasteiger partial charge in [0.1, 0.15) is 0 Å². The number of benzene rings is 1. The molecule has 2 nitrogen and oxygen atoms in total. The predicted octanol–water partition coefficient (Wildman–Crippen LogP) is 4.62. The third-order valence-electron chi connectivity index (χ3n) is 4.57. The topological polar surface area (TPSA) is 8.17 Å². The van der Waals surface area contributed by atoms with Crippen LogP contribution in [0.5, 0.6) is 0 Å². The van der Waals surface area contributed by atoms with Gasteiger partial charge in [-0.1, -0.05) is 18.6 Å². The van der Waals surface area contributed by atoms with Crippen LogP contribution in [0.25, 0.3) is 0 Å². The summed E-state index contributed by atoms with van der Waals surface area (Å²) in [6.45, 7) is 1.97. The largest absolute Gasteiger partial charge is 0.416 e. The molecule has 0 aliphatic carbocycles. The van der Waals surface area contributed by atoms with Crippen molar-refractivity contribution in [3.63, 3.8) is 0 Å². The zero-order valence-electron chi connectivity index (χ0n) is 13.2. The van der Waals surface area contributed by atoms with Crippen molar-refractivity contribution < 1.29 is 13.2 Å². The maximum atomic E-state index is 12.8. The third-order valence-corrected chi connectivity index (χ3v) is 4.57. The second-order valence-corrected chi connectivity index (χ2v) is 6.16. The summed E-state index contributed by atoms with van der Waals surface area (Å²) in [5.74, 6) is 0. The fourth-order valence-electron chi connectivity index (χ4n) is 3.36. The van der Waals surface area contributed by atoms with E-state index in [9.17, 15) is 13.2 Å². The normalized spacial score (nSPS) is 18.1. The number of hydrogen-bond donors (Lipinski definition) is 0. The van der Waals surface area contributed by atoms with Crippen LogP contribution in [0.4, 0.5) is 13.2 Å². The van der Waals surface area contributed by atoms with E-state index in [0.29, 0.717) is 0 Å². The zero-order valence-corrected chi connectivity index (χ0v) is 13.2. The van der Waals surface area contributed by atoms with Gasteiger partial charge in [-0.05, 0) is 55.8 Å². The van der Waals surface area contributed by atoms with Crippen molar-refractivity contribution in [2.75, 3.05) is 13.1 Å². The zero-order chi connectivity index (χ0) is 16.4. The van der Waals surface area contributed by atoms with Crippen LogP contribution in [0.3, 0.4) is 0 Å². The molecule has 1 aliphatic heterocycles. The molecule has 0 bridgehead atoms. The van der Waals surface area contributed by atoms with Crippen molar-refractivity contribution in [2.24, 2.45) is 7.05 Å². The quantitative estimate of drug-likeness (QED) is 0.800. The Labute approximate surface area is 134 Å². The van der Waals surface area contributed by atoms with Crippen LogP contribution in [0, 0.1) is 0 Å². The molecule has 2 heterocycles. The van der Waals surface area contributed by atoms with Crippen LogP contribution in [0.15, 0.2) is 42.6 Å². The highest BCUT2D eigenvalue weighted by Crippen LogP contribution is 2.34. The summed E-state index contributed by atoms with van der Waals surface area (Å²) < 4.78 is 40.4. The van der Waals surface area contributed by atoms with E-state index in [1.54, 1.807) is 12.1 Å². The molecule has 1 unspecified atom stereocenters. The average molecular weight is 322 g/mol. The molecule has 2 aromatic rings. The van der Waals surface area contributed by atoms with Gasteiger partial charge in [0.25, 0.3) is 0 Å². The summed E-state index contributed by atoms with van der Waals surface area (Å²) in [6, 6.07) is 9.67. The van der Waals surface area contributed by atoms with Gasteiger partial charge in [-0.15, -0.1) is 0 Å². The first-order chi connectivity index (χ1) is 11.0. The van der Waals surface area contributed by atoms with E-state index in [-0.39, 0.29) is 6.04 Å². The minimum atomic E-state index is -4.29. The Kier molecular flexibility index (Phi) is 4.48. The monoisotopic (exact) mass is 322 g/mol. The number of alkyl halides is 3. The molecule has 1 aromatic carbocycles. The molecule has 0 saturated carbocycles. The Morgan fingerprint density at radius 1 is 0.957 bits per heavy atom. The van der Waals surface area contributed by atoms with E-state index in [4.69, 9.17) is 0 Å². The summed E-state index contributed by atoms with van der Waals surface area (Å²) in [7, 11) is 1.98. The van der Waals surface area contributed by atoms with Crippen molar-refractivity contribution in [3.8, 4) is 0 Å². The molecule has 1 aromatic heterocycles. The van der Waals surface area contributed by atoms with Gasteiger partial charge in [0.05, 0.1) is 11.6 Å². The van der Waals surface area contributed by atoms with E-state index in [1.807, 2.05) is 19.3 Å². The number of nitrogens with zero attached hydrogens (tertiary/aromatic N) is 2. The lowest BCUT2D eigenvalue weighted by Gasteiger charge is -2.35. The number of piperidine rings is 1. The molecule has 0 N–H and O–H groups in total. The number of aromatic nitrogens is 1. The van der Waals surface area contributed by atoms with E-state index in [0.717, 1.165) is 37.2 Å². The Balaban J connectivity index is 1.96. The fraction of sp³-hybridized carbons (Fsp3) is 0.444. The number of rotatable bonds is 3. The van der Waals surface area contributed by atoms with Crippen molar-refractivity contribution in [3.05, 3.63) is 59.4 Å². The van der Waals surface area contributed by atoms with E-state index in [2.05, 4.69) is 15.5 Å². The number of halogens is 3. The average Bonchev–Trinajstić information content (AvgIpc) is 2.94. The molecule has 0 spiro atoms. The predicted molar refractivity (Wildman–Crippen MR) is 84.1 cm³/mol. The van der Waals surface area contributed by atoms with Gasteiger partial charge >= 0.3 is 6.18 Å². The summed E-state index contributed by atoms with van der Waals surface area (Å²) in [5, 5.41) is 0. The Morgan fingerprint density at radius 3 is 2.13 bits per heavy atom. The van der Waals surface area contributed by atoms with Crippen LogP contribution in [0.1, 0.15) is 42.1 Å². The number of likely N-dealkylation sites (tertiary alicyclic amines) is 1. The lowest BCUT2D eigenvalue weighted by Crippen LogP contribution is -2.35. The molecular weight excluding hydrogens is 301 g/mol. The standard InChI is InChI=1S/C18H21F3N2/c1-22-11-5-6-16(22)17(23-12-3-2-4-13-23)14-7-9-15(10-8-14)18(19,20)21/h5-11,17H,2-4,12-13H2,1H3. The molecule has 23 heavy (non-hydrogen) atoms. The molecule has 5 heteroatoms. The highest BCUT2D eigenvalue weighted by molar-refractivity contribution is 5.32. The first-order valence-electron chi connectivity index (χ1n) is 7.99. The van der Waals surface area contributed by atoms with Crippen LogP contribution in [0.2, 0.25) is 0 Å². The Bertz CT molecular complexity index is 637. The van der Waals surface area contributed by atoms with E-state index >= 15 is 0 Å². The maximum absolute atomic E-state index is 12.8. The molecule has 1 aliphatic rings. The van der Waals surface area contributed by atoms with Gasteiger partial charge in [-0.2, -0.15) is 13.2 Å². The van der Waals surface area contributed by atoms with Crippen LogP contribution in [-0.4, -0.2) is 22.6 Å². The minimum absolute atomic E-state index is 0.0117. The van der Waals surface area contributed by atoms with Gasteiger partial charge < -0.3 is 4.57 Å². The van der Waals surface area contributed by atoms with E-state index in [1.165, 1.54) is 18.6 Å². The summed E-state index contributed by atoms with van der Waals surface area (Å²) in [5.41, 5.74) is 1.44. The second kappa shape index (κ2) is 6.40. The molecule has 124 valence electrons. The first-order valence-corrected chi connectivity index (χ1v) is 7.99. The second-order valence-electron chi connectivity index (χ2n) is 6.16. The Morgan fingerprint density at radius 2 is 1.61 bits per heavy atom. The van der Waals surface area contributed by atoms with Gasteiger partial charge in [0.2, 0.25) is 0 Å². The van der Waals surface area contributed by atoms with Crippen molar-refractivity contribution in [1.82, 2.24) is 9.47 Å². The minimum Gasteiger partial charge on any atom is -0.353 e. The molecule has 1 fully saturated rings. The van der Waals surface area contributed by atoms with Crippen LogP contribution in [-0.2, 0) is 13.2 Å². The van der Waals surface area contributed by atoms with E-state index < -0.39 is 11.7 Å². The van der Waals surface area contributed by atoms with Crippen LogP contribution >= 0.6 is 0 Å². The Hall–Kier alpha value is -1.75. The lowest BCUT2D eigenvalue weighted by atomic mass is 9.97. The van der Waals surface area contributed by atoms with Crippen molar-refractivity contribution >= 4 is 0 Å². The molecule has 3 rings (SSSR count). The van der Waals surface area contributed by atoms with Crippen molar-refractivity contribution in [1.29, 1.82) is 0 Å². The highest BCUT2D eigenvalue weighted by Gasteiger charge is 2.31. The van der Waals surface area contributed by atoms with Gasteiger partial charge in [0, 0.05) is 18.9 Å². The fourth-order valence-corrected chi connectivity index (χ4v) is 3.36. The molecule has 1 atom stereocenters. The smallest absolute Gasteiger partial charge is 0.353 e. The summed E-state index contributed by atoms with van der Waals surface area (Å²) in [6.07, 6.45) is 1.20. The summed E-state index contributed by atoms with van der Waals surface area (Å²) in [4.78, 5) is 2.38. The number of hydrogen-bond acceptors (Lipinski definition) is 1. The first kappa shape index (κ1) is 16.1. The highest BCUT2D eigenvalue weighted by atomic mass is 19.4. The van der Waals surface area contributed by atoms with Gasteiger partial charge in [0.15, 0.2) is 0 Å². The molecular formula is C18H21F3N2. The van der Waals surface area contributed by atoms with Crippen LogP contribution < -0.4 is 0 Å². The van der Waals surface area contributed by atoms with Gasteiger partial charge in [-0.3, -0.25) is 4.90 Å². The van der Waals surface area contributed by atoms with Crippen molar-refractivity contribution in [2.45, 2.75) is 31.5 Å². The maximum Gasteiger partial charge on any atom is 0.416 e.